The average molecular weight is 304 g/mol. The van der Waals surface area contributed by atoms with E-state index in [1.807, 2.05) is 18.2 Å². The molecule has 0 atom stereocenters. The molecule has 0 spiro atoms. The minimum absolute atomic E-state index is 0.122. The molecule has 0 radical (unpaired) electrons. The van der Waals surface area contributed by atoms with Gasteiger partial charge in [0.05, 0.1) is 10.6 Å². The van der Waals surface area contributed by atoms with Crippen molar-refractivity contribution in [2.75, 3.05) is 0 Å². The first kappa shape index (κ1) is 13.1. The molecule has 100 valence electrons. The summed E-state index contributed by atoms with van der Waals surface area (Å²) in [4.78, 5) is 24.6. The molecule has 0 bridgehead atoms. The van der Waals surface area contributed by atoms with E-state index in [0.29, 0.717) is 27.7 Å². The van der Waals surface area contributed by atoms with Crippen LogP contribution in [0.1, 0.15) is 25.6 Å². The number of thiophene rings is 1. The van der Waals surface area contributed by atoms with E-state index >= 15 is 0 Å². The summed E-state index contributed by atoms with van der Waals surface area (Å²) >= 11 is 7.20. The SMILES string of the molecule is O=C1C(NCc2cccc(Cl)c2)=CC(=O)c2sccc21. The Hall–Kier alpha value is -1.91. The molecule has 3 rings (SSSR count). The van der Waals surface area contributed by atoms with E-state index < -0.39 is 0 Å². The summed E-state index contributed by atoms with van der Waals surface area (Å²) in [5.74, 6) is -0.258. The predicted molar refractivity (Wildman–Crippen MR) is 79.4 cm³/mol. The minimum atomic E-state index is -0.136. The van der Waals surface area contributed by atoms with Crippen LogP contribution in [-0.4, -0.2) is 11.6 Å². The van der Waals surface area contributed by atoms with Gasteiger partial charge in [0.2, 0.25) is 5.78 Å². The summed E-state index contributed by atoms with van der Waals surface area (Å²) in [6, 6.07) is 9.05. The number of Topliss-reactive ketones (excluding diaryl/α,β-unsaturated/α-hetero) is 1. The van der Waals surface area contributed by atoms with E-state index in [1.165, 1.54) is 17.4 Å². The van der Waals surface area contributed by atoms with E-state index in [9.17, 15) is 9.59 Å². The van der Waals surface area contributed by atoms with E-state index in [2.05, 4.69) is 5.32 Å². The van der Waals surface area contributed by atoms with Gasteiger partial charge in [0.25, 0.3) is 0 Å². The van der Waals surface area contributed by atoms with Gasteiger partial charge in [0.1, 0.15) is 0 Å². The molecule has 0 fully saturated rings. The van der Waals surface area contributed by atoms with Crippen molar-refractivity contribution in [1.29, 1.82) is 0 Å². The van der Waals surface area contributed by atoms with Crippen LogP contribution in [-0.2, 0) is 6.54 Å². The predicted octanol–water partition coefficient (Wildman–Crippen LogP) is 3.45. The fourth-order valence-electron chi connectivity index (χ4n) is 2.06. The summed E-state index contributed by atoms with van der Waals surface area (Å²) in [5.41, 5.74) is 1.77. The Bertz CT molecular complexity index is 733. The van der Waals surface area contributed by atoms with Crippen molar-refractivity contribution >= 4 is 34.5 Å². The Labute approximate surface area is 124 Å². The van der Waals surface area contributed by atoms with Crippen molar-refractivity contribution in [2.24, 2.45) is 0 Å². The zero-order chi connectivity index (χ0) is 14.1. The van der Waals surface area contributed by atoms with E-state index in [-0.39, 0.29) is 11.6 Å². The number of fused-ring (bicyclic) bond motifs is 1. The van der Waals surface area contributed by atoms with E-state index in [0.717, 1.165) is 5.56 Å². The molecule has 0 amide bonds. The summed E-state index contributed by atoms with van der Waals surface area (Å²) < 4.78 is 0. The fourth-order valence-corrected chi connectivity index (χ4v) is 3.08. The Kier molecular flexibility index (Phi) is 3.42. The van der Waals surface area contributed by atoms with Crippen LogP contribution in [0.15, 0.2) is 47.5 Å². The molecule has 0 saturated carbocycles. The second-order valence-corrected chi connectivity index (χ2v) is 5.75. The quantitative estimate of drug-likeness (QED) is 0.944. The molecule has 2 aromatic rings. The molecule has 0 aliphatic heterocycles. The summed E-state index contributed by atoms with van der Waals surface area (Å²) in [6.07, 6.45) is 1.37. The number of ketones is 2. The summed E-state index contributed by atoms with van der Waals surface area (Å²) in [7, 11) is 0. The van der Waals surface area contributed by atoms with Gasteiger partial charge in [0.15, 0.2) is 5.78 Å². The molecule has 1 N–H and O–H groups in total. The second kappa shape index (κ2) is 5.23. The average Bonchev–Trinajstić information content (AvgIpc) is 2.91. The van der Waals surface area contributed by atoms with Crippen LogP contribution in [0.4, 0.5) is 0 Å². The first-order chi connectivity index (χ1) is 9.65. The van der Waals surface area contributed by atoms with Crippen LogP contribution in [0.5, 0.6) is 0 Å². The Balaban J connectivity index is 1.79. The van der Waals surface area contributed by atoms with Crippen molar-refractivity contribution < 1.29 is 9.59 Å². The maximum atomic E-state index is 12.2. The van der Waals surface area contributed by atoms with Crippen LogP contribution >= 0.6 is 22.9 Å². The lowest BCUT2D eigenvalue weighted by Gasteiger charge is -2.14. The fraction of sp³-hybridized carbons (Fsp3) is 0.0667. The van der Waals surface area contributed by atoms with Gasteiger partial charge in [-0.2, -0.15) is 0 Å². The molecule has 0 unspecified atom stereocenters. The number of hydrogen-bond donors (Lipinski definition) is 1. The highest BCUT2D eigenvalue weighted by molar-refractivity contribution is 7.12. The number of halogens is 1. The zero-order valence-corrected chi connectivity index (χ0v) is 11.9. The number of carbonyl (C=O) groups is 2. The zero-order valence-electron chi connectivity index (χ0n) is 10.4. The Morgan fingerprint density at radius 2 is 2.05 bits per heavy atom. The highest BCUT2D eigenvalue weighted by Gasteiger charge is 2.26. The van der Waals surface area contributed by atoms with Crippen molar-refractivity contribution in [1.82, 2.24) is 5.32 Å². The topological polar surface area (TPSA) is 46.2 Å². The van der Waals surface area contributed by atoms with Crippen molar-refractivity contribution in [2.45, 2.75) is 6.54 Å². The normalized spacial score (nSPS) is 13.9. The first-order valence-corrected chi connectivity index (χ1v) is 7.27. The number of hydrogen-bond acceptors (Lipinski definition) is 4. The van der Waals surface area contributed by atoms with Gasteiger partial charge in [-0.25, -0.2) is 0 Å². The highest BCUT2D eigenvalue weighted by atomic mass is 35.5. The number of carbonyl (C=O) groups excluding carboxylic acids is 2. The number of rotatable bonds is 3. The number of allylic oxidation sites excluding steroid dienone is 2. The van der Waals surface area contributed by atoms with Crippen LogP contribution in [0, 0.1) is 0 Å². The van der Waals surface area contributed by atoms with Gasteiger partial charge in [-0.1, -0.05) is 23.7 Å². The van der Waals surface area contributed by atoms with Crippen LogP contribution in [0.2, 0.25) is 5.02 Å². The Morgan fingerprint density at radius 3 is 2.85 bits per heavy atom. The van der Waals surface area contributed by atoms with Crippen LogP contribution in [0.25, 0.3) is 0 Å². The van der Waals surface area contributed by atoms with Crippen molar-refractivity contribution in [3.63, 3.8) is 0 Å². The van der Waals surface area contributed by atoms with Gasteiger partial charge in [-0.15, -0.1) is 11.3 Å². The summed E-state index contributed by atoms with van der Waals surface area (Å²) in [6.45, 7) is 0.449. The largest absolute Gasteiger partial charge is 0.378 e. The van der Waals surface area contributed by atoms with Gasteiger partial charge in [0, 0.05) is 23.2 Å². The maximum absolute atomic E-state index is 12.2. The molecular formula is C15H10ClNO2S. The lowest BCUT2D eigenvalue weighted by molar-refractivity contribution is 0.0981. The molecule has 1 aliphatic carbocycles. The molecule has 0 saturated heterocycles. The highest BCUT2D eigenvalue weighted by Crippen LogP contribution is 2.25. The maximum Gasteiger partial charge on any atom is 0.210 e. The third-order valence-electron chi connectivity index (χ3n) is 3.03. The van der Waals surface area contributed by atoms with Gasteiger partial charge in [-0.05, 0) is 29.1 Å². The molecule has 3 nitrogen and oxygen atoms in total. The van der Waals surface area contributed by atoms with E-state index in [1.54, 1.807) is 17.5 Å². The monoisotopic (exact) mass is 303 g/mol. The summed E-state index contributed by atoms with van der Waals surface area (Å²) in [5, 5.41) is 5.41. The second-order valence-electron chi connectivity index (χ2n) is 4.40. The standard InChI is InChI=1S/C15H10ClNO2S/c16-10-3-1-2-9(6-10)8-17-12-7-13(18)15-11(14(12)19)4-5-20-15/h1-7,17H,8H2. The smallest absolute Gasteiger partial charge is 0.210 e. The van der Waals surface area contributed by atoms with Crippen molar-refractivity contribution in [3.05, 3.63) is 68.5 Å². The van der Waals surface area contributed by atoms with Gasteiger partial charge in [-0.3, -0.25) is 9.59 Å². The molecule has 1 aromatic heterocycles. The third-order valence-corrected chi connectivity index (χ3v) is 4.19. The molecular weight excluding hydrogens is 294 g/mol. The molecule has 20 heavy (non-hydrogen) atoms. The first-order valence-electron chi connectivity index (χ1n) is 6.01. The Morgan fingerprint density at radius 1 is 1.20 bits per heavy atom. The molecule has 5 heteroatoms. The lowest BCUT2D eigenvalue weighted by Crippen LogP contribution is -2.25. The van der Waals surface area contributed by atoms with Crippen LogP contribution in [0.3, 0.4) is 0 Å². The number of benzene rings is 1. The minimum Gasteiger partial charge on any atom is -0.378 e. The van der Waals surface area contributed by atoms with Gasteiger partial charge >= 0.3 is 0 Å². The molecule has 1 aromatic carbocycles. The van der Waals surface area contributed by atoms with Crippen LogP contribution < -0.4 is 5.32 Å². The van der Waals surface area contributed by atoms with Gasteiger partial charge < -0.3 is 5.32 Å². The van der Waals surface area contributed by atoms with Crippen molar-refractivity contribution in [3.8, 4) is 0 Å². The molecule has 1 heterocycles. The molecule has 1 aliphatic rings. The van der Waals surface area contributed by atoms with E-state index in [4.69, 9.17) is 11.6 Å². The number of nitrogens with one attached hydrogen (secondary N) is 1. The lowest BCUT2D eigenvalue weighted by atomic mass is 10.0. The third kappa shape index (κ3) is 2.40.